The minimum atomic E-state index is 0.0321. The van der Waals surface area contributed by atoms with Gasteiger partial charge in [-0.1, -0.05) is 37.1 Å². The monoisotopic (exact) mass is 419 g/mol. The zero-order valence-corrected chi connectivity index (χ0v) is 18.2. The van der Waals surface area contributed by atoms with Gasteiger partial charge in [-0.05, 0) is 37.5 Å². The van der Waals surface area contributed by atoms with Crippen molar-refractivity contribution in [3.05, 3.63) is 29.7 Å². The summed E-state index contributed by atoms with van der Waals surface area (Å²) in [6.45, 7) is 3.09. The van der Waals surface area contributed by atoms with Crippen LogP contribution >= 0.6 is 11.8 Å². The minimum Gasteiger partial charge on any atom is -0.493 e. The van der Waals surface area contributed by atoms with Crippen LogP contribution in [0.2, 0.25) is 0 Å². The van der Waals surface area contributed by atoms with E-state index in [0.29, 0.717) is 35.7 Å². The fraction of sp³-hybridized carbons (Fsp3) is 0.571. The Morgan fingerprint density at radius 1 is 1.17 bits per heavy atom. The molecule has 1 saturated carbocycles. The van der Waals surface area contributed by atoms with Crippen LogP contribution in [0.1, 0.15) is 56.4 Å². The number of benzene rings is 1. The summed E-state index contributed by atoms with van der Waals surface area (Å²) in [7, 11) is 3.21. The van der Waals surface area contributed by atoms with E-state index in [-0.39, 0.29) is 11.7 Å². The molecule has 1 aromatic carbocycles. The molecule has 29 heavy (non-hydrogen) atoms. The summed E-state index contributed by atoms with van der Waals surface area (Å²) in [4.78, 5) is 14.5. The Hall–Kier alpha value is -2.22. The van der Waals surface area contributed by atoms with E-state index < -0.39 is 0 Å². The van der Waals surface area contributed by atoms with Crippen LogP contribution in [-0.4, -0.2) is 47.5 Å². The summed E-state index contributed by atoms with van der Waals surface area (Å²) in [6.07, 6.45) is 5.94. The normalized spacial score (nSPS) is 14.6. The lowest BCUT2D eigenvalue weighted by Gasteiger charge is -2.21. The van der Waals surface area contributed by atoms with Gasteiger partial charge >= 0.3 is 0 Å². The van der Waals surface area contributed by atoms with Crippen LogP contribution < -0.4 is 9.47 Å². The summed E-state index contributed by atoms with van der Waals surface area (Å²) in [5, 5.41) is 8.79. The Morgan fingerprint density at radius 2 is 1.93 bits per heavy atom. The number of rotatable bonds is 9. The van der Waals surface area contributed by atoms with Crippen LogP contribution in [-0.2, 0) is 11.3 Å². The number of hydrogen-bond acceptors (Lipinski definition) is 7. The second kappa shape index (κ2) is 10.5. The average molecular weight is 420 g/mol. The van der Waals surface area contributed by atoms with E-state index >= 15 is 0 Å². The third-order valence-corrected chi connectivity index (χ3v) is 6.05. The summed E-state index contributed by atoms with van der Waals surface area (Å²) < 4.78 is 16.4. The van der Waals surface area contributed by atoms with Crippen LogP contribution in [0.3, 0.4) is 0 Å². The predicted molar refractivity (Wildman–Crippen MR) is 111 cm³/mol. The van der Waals surface area contributed by atoms with Gasteiger partial charge < -0.3 is 18.8 Å². The van der Waals surface area contributed by atoms with Crippen molar-refractivity contribution in [1.29, 1.82) is 0 Å². The molecule has 1 heterocycles. The number of methoxy groups -OCH3 is 2. The van der Waals surface area contributed by atoms with Crippen LogP contribution in [0.4, 0.5) is 0 Å². The Labute approximate surface area is 176 Å². The molecule has 0 bridgehead atoms. The lowest BCUT2D eigenvalue weighted by molar-refractivity contribution is -0.128. The van der Waals surface area contributed by atoms with Gasteiger partial charge in [0.05, 0.1) is 20.0 Å². The molecule has 8 heteroatoms. The Kier molecular flexibility index (Phi) is 7.80. The van der Waals surface area contributed by atoms with E-state index in [1.165, 1.54) is 31.0 Å². The highest BCUT2D eigenvalue weighted by Crippen LogP contribution is 2.33. The third kappa shape index (κ3) is 5.65. The molecule has 0 aliphatic heterocycles. The van der Waals surface area contributed by atoms with Gasteiger partial charge in [-0.15, -0.1) is 10.2 Å². The molecule has 0 saturated heterocycles. The molecule has 0 atom stereocenters. The van der Waals surface area contributed by atoms with Gasteiger partial charge in [0.25, 0.3) is 5.22 Å². The van der Waals surface area contributed by atoms with Crippen molar-refractivity contribution < 1.29 is 18.7 Å². The fourth-order valence-electron chi connectivity index (χ4n) is 3.58. The summed E-state index contributed by atoms with van der Waals surface area (Å²) >= 11 is 1.31. The maximum absolute atomic E-state index is 12.7. The number of aromatic nitrogens is 2. The number of nitrogens with zero attached hydrogens (tertiary/aromatic N) is 3. The molecule has 158 valence electrons. The number of hydrogen-bond donors (Lipinski definition) is 0. The van der Waals surface area contributed by atoms with E-state index in [2.05, 4.69) is 10.2 Å². The smallest absolute Gasteiger partial charge is 0.277 e. The van der Waals surface area contributed by atoms with Gasteiger partial charge in [0.2, 0.25) is 11.8 Å². The second-order valence-corrected chi connectivity index (χ2v) is 8.05. The first kappa shape index (κ1) is 21.5. The highest BCUT2D eigenvalue weighted by molar-refractivity contribution is 7.99. The first-order valence-electron chi connectivity index (χ1n) is 10.1. The van der Waals surface area contributed by atoms with Gasteiger partial charge in [0.1, 0.15) is 0 Å². The zero-order valence-electron chi connectivity index (χ0n) is 17.3. The largest absolute Gasteiger partial charge is 0.493 e. The Morgan fingerprint density at radius 3 is 2.62 bits per heavy atom. The highest BCUT2D eigenvalue weighted by Gasteiger charge is 2.22. The molecule has 0 radical (unpaired) electrons. The van der Waals surface area contributed by atoms with Crippen molar-refractivity contribution >= 4 is 17.7 Å². The topological polar surface area (TPSA) is 77.7 Å². The lowest BCUT2D eigenvalue weighted by Crippen LogP contribution is -2.31. The van der Waals surface area contributed by atoms with E-state index in [1.54, 1.807) is 19.1 Å². The van der Waals surface area contributed by atoms with Crippen molar-refractivity contribution in [2.24, 2.45) is 0 Å². The van der Waals surface area contributed by atoms with Crippen LogP contribution in [0.15, 0.2) is 27.8 Å². The number of thioether (sulfide) groups is 1. The summed E-state index contributed by atoms with van der Waals surface area (Å²) in [5.41, 5.74) is 0.986. The van der Waals surface area contributed by atoms with Gasteiger partial charge in [-0.2, -0.15) is 0 Å². The number of carbonyl (C=O) groups excluding carboxylic acids is 1. The van der Waals surface area contributed by atoms with Crippen LogP contribution in [0, 0.1) is 0 Å². The second-order valence-electron chi connectivity index (χ2n) is 7.13. The molecular formula is C21H29N3O4S. The molecule has 1 aromatic heterocycles. The molecule has 2 aromatic rings. The molecule has 0 unspecified atom stereocenters. The van der Waals surface area contributed by atoms with E-state index in [9.17, 15) is 4.79 Å². The molecule has 1 aliphatic carbocycles. The van der Waals surface area contributed by atoms with Crippen molar-refractivity contribution in [3.63, 3.8) is 0 Å². The van der Waals surface area contributed by atoms with Crippen molar-refractivity contribution in [2.45, 2.75) is 56.7 Å². The summed E-state index contributed by atoms with van der Waals surface area (Å²) in [5.74, 6) is 2.73. The van der Waals surface area contributed by atoms with Gasteiger partial charge in [-0.25, -0.2) is 0 Å². The molecule has 0 spiro atoms. The molecular weight excluding hydrogens is 390 g/mol. The zero-order chi connectivity index (χ0) is 20.6. The lowest BCUT2D eigenvalue weighted by atomic mass is 9.89. The van der Waals surface area contributed by atoms with Crippen LogP contribution in [0.5, 0.6) is 11.5 Å². The molecule has 1 aliphatic rings. The molecule has 3 rings (SSSR count). The third-order valence-electron chi connectivity index (χ3n) is 5.25. The van der Waals surface area contributed by atoms with Gasteiger partial charge in [-0.3, -0.25) is 4.79 Å². The van der Waals surface area contributed by atoms with E-state index in [0.717, 1.165) is 24.3 Å². The van der Waals surface area contributed by atoms with Gasteiger partial charge in [0.15, 0.2) is 11.5 Å². The number of carbonyl (C=O) groups is 1. The van der Waals surface area contributed by atoms with Crippen molar-refractivity contribution in [2.75, 3.05) is 26.5 Å². The predicted octanol–water partition coefficient (Wildman–Crippen LogP) is 4.28. The maximum Gasteiger partial charge on any atom is 0.277 e. The van der Waals surface area contributed by atoms with E-state index in [4.69, 9.17) is 13.9 Å². The highest BCUT2D eigenvalue weighted by atomic mass is 32.2. The molecule has 0 N–H and O–H groups in total. The summed E-state index contributed by atoms with van der Waals surface area (Å²) in [6, 6.07) is 5.70. The number of amides is 1. The SMILES string of the molecule is CCN(Cc1ccc(OC)c(OC)c1)C(=O)CSc1nnc(C2CCCCC2)o1. The molecule has 1 amide bonds. The maximum atomic E-state index is 12.7. The number of ether oxygens (including phenoxy) is 2. The Bertz CT molecular complexity index is 805. The first-order chi connectivity index (χ1) is 14.1. The van der Waals surface area contributed by atoms with E-state index in [1.807, 2.05) is 25.1 Å². The van der Waals surface area contributed by atoms with Crippen LogP contribution in [0.25, 0.3) is 0 Å². The quantitative estimate of drug-likeness (QED) is 0.562. The standard InChI is InChI=1S/C21H29N3O4S/c1-4-24(13-15-10-11-17(26-2)18(12-15)27-3)19(25)14-29-21-23-22-20(28-21)16-8-6-5-7-9-16/h10-12,16H,4-9,13-14H2,1-3H3. The van der Waals surface area contributed by atoms with Crippen molar-refractivity contribution in [3.8, 4) is 11.5 Å². The molecule has 1 fully saturated rings. The minimum absolute atomic E-state index is 0.0321. The average Bonchev–Trinajstić information content (AvgIpc) is 3.25. The van der Waals surface area contributed by atoms with Crippen molar-refractivity contribution in [1.82, 2.24) is 15.1 Å². The Balaban J connectivity index is 1.55. The fourth-order valence-corrected chi connectivity index (χ4v) is 4.26. The van der Waals surface area contributed by atoms with Gasteiger partial charge in [0, 0.05) is 19.0 Å². The molecule has 7 nitrogen and oxygen atoms in total. The first-order valence-corrected chi connectivity index (χ1v) is 11.1.